The van der Waals surface area contributed by atoms with E-state index in [1.807, 2.05) is 0 Å². The van der Waals surface area contributed by atoms with Gasteiger partial charge in [-0.05, 0) is 49.2 Å². The number of ether oxygens (including phenoxy) is 2. The normalized spacial score (nSPS) is 15.6. The van der Waals surface area contributed by atoms with Gasteiger partial charge in [0.05, 0.1) is 10.6 Å². The van der Waals surface area contributed by atoms with Crippen molar-refractivity contribution >= 4 is 21.7 Å². The minimum atomic E-state index is -5.08. The number of hydroxylamine groups is 1. The molecule has 3 N–H and O–H groups in total. The van der Waals surface area contributed by atoms with Gasteiger partial charge in [0.25, 0.3) is 5.91 Å². The molecule has 1 fully saturated rings. The van der Waals surface area contributed by atoms with Gasteiger partial charge in [-0.3, -0.25) is 15.0 Å². The SMILES string of the molecule is O=C(NO)C1(S(=O)(=O)c2ccc(-c3ccc(OCC(F)(F)F)cc3)nc2)CCOCC1.O=C(O)C(F)(F)F. The van der Waals surface area contributed by atoms with E-state index in [4.69, 9.17) is 19.8 Å². The fourth-order valence-electron chi connectivity index (χ4n) is 3.24. The summed E-state index contributed by atoms with van der Waals surface area (Å²) in [7, 11) is -4.20. The predicted octanol–water partition coefficient (Wildman–Crippen LogP) is 3.15. The Morgan fingerprint density at radius 1 is 1.03 bits per heavy atom. The van der Waals surface area contributed by atoms with Crippen molar-refractivity contribution in [3.63, 3.8) is 0 Å². The number of carbonyl (C=O) groups is 2. The van der Waals surface area contributed by atoms with E-state index < -0.39 is 45.4 Å². The molecule has 0 radical (unpaired) electrons. The molecule has 0 unspecified atom stereocenters. The summed E-state index contributed by atoms with van der Waals surface area (Å²) >= 11 is 0. The van der Waals surface area contributed by atoms with Crippen molar-refractivity contribution in [3.8, 4) is 17.0 Å². The number of rotatable bonds is 6. The lowest BCUT2D eigenvalue weighted by atomic mass is 9.98. The van der Waals surface area contributed by atoms with Crippen LogP contribution in [0.25, 0.3) is 11.3 Å². The minimum absolute atomic E-state index is 0.0248. The number of hydrogen-bond acceptors (Lipinski definition) is 8. The largest absolute Gasteiger partial charge is 0.490 e. The number of carbonyl (C=O) groups excluding carboxylic acids is 1. The molecule has 0 atom stereocenters. The molecule has 10 nitrogen and oxygen atoms in total. The van der Waals surface area contributed by atoms with Crippen LogP contribution >= 0.6 is 0 Å². The van der Waals surface area contributed by atoms with Gasteiger partial charge in [-0.1, -0.05) is 0 Å². The molecule has 2 aromatic rings. The molecular formula is C21H20F6N2O8S. The van der Waals surface area contributed by atoms with E-state index in [1.54, 1.807) is 0 Å². The molecule has 1 aromatic carbocycles. The van der Waals surface area contributed by atoms with E-state index in [0.29, 0.717) is 11.3 Å². The van der Waals surface area contributed by atoms with E-state index in [-0.39, 0.29) is 36.7 Å². The molecule has 0 spiro atoms. The number of sulfone groups is 1. The number of aliphatic carboxylic acids is 1. The summed E-state index contributed by atoms with van der Waals surface area (Å²) in [5, 5.41) is 16.2. The van der Waals surface area contributed by atoms with Crippen molar-refractivity contribution in [2.45, 2.75) is 34.8 Å². The zero-order chi connectivity index (χ0) is 28.8. The lowest BCUT2D eigenvalue weighted by molar-refractivity contribution is -0.192. The third-order valence-electron chi connectivity index (χ3n) is 5.17. The van der Waals surface area contributed by atoms with Crippen molar-refractivity contribution in [1.29, 1.82) is 0 Å². The van der Waals surface area contributed by atoms with Crippen LogP contribution in [0.15, 0.2) is 47.5 Å². The third kappa shape index (κ3) is 7.55. The van der Waals surface area contributed by atoms with Crippen LogP contribution in [0.4, 0.5) is 26.3 Å². The Balaban J connectivity index is 0.000000638. The average Bonchev–Trinajstić information content (AvgIpc) is 2.87. The third-order valence-corrected chi connectivity index (χ3v) is 7.66. The van der Waals surface area contributed by atoms with Crippen molar-refractivity contribution < 1.29 is 64.1 Å². The molecule has 0 aliphatic carbocycles. The second kappa shape index (κ2) is 12.0. The van der Waals surface area contributed by atoms with Crippen LogP contribution in [0, 0.1) is 0 Å². The summed E-state index contributed by atoms with van der Waals surface area (Å²) in [6.07, 6.45) is -8.68. The van der Waals surface area contributed by atoms with Gasteiger partial charge in [0, 0.05) is 25.0 Å². The quantitative estimate of drug-likeness (QED) is 0.268. The molecule has 1 aliphatic rings. The second-order valence-corrected chi connectivity index (χ2v) is 9.92. The number of carboxylic acid groups (broad SMARTS) is 1. The predicted molar refractivity (Wildman–Crippen MR) is 115 cm³/mol. The van der Waals surface area contributed by atoms with Crippen LogP contribution in [-0.4, -0.2) is 72.5 Å². The van der Waals surface area contributed by atoms with Gasteiger partial charge in [-0.25, -0.2) is 18.7 Å². The fraction of sp³-hybridized carbons (Fsp3) is 0.381. The maximum atomic E-state index is 13.2. The van der Waals surface area contributed by atoms with Crippen molar-refractivity contribution in [1.82, 2.24) is 10.5 Å². The number of pyridine rings is 1. The molecule has 17 heteroatoms. The molecule has 1 amide bonds. The van der Waals surface area contributed by atoms with Gasteiger partial charge >= 0.3 is 18.3 Å². The Labute approximate surface area is 211 Å². The number of hydrogen-bond donors (Lipinski definition) is 3. The summed E-state index contributed by atoms with van der Waals surface area (Å²) in [5.41, 5.74) is 2.33. The first-order valence-corrected chi connectivity index (χ1v) is 11.8. The van der Waals surface area contributed by atoms with Gasteiger partial charge in [-0.15, -0.1) is 0 Å². The highest BCUT2D eigenvalue weighted by molar-refractivity contribution is 7.93. The van der Waals surface area contributed by atoms with Gasteiger partial charge < -0.3 is 14.6 Å². The molecule has 3 rings (SSSR count). The smallest absolute Gasteiger partial charge is 0.484 e. The maximum absolute atomic E-state index is 13.2. The lowest BCUT2D eigenvalue weighted by Crippen LogP contribution is -2.54. The molecule has 2 heterocycles. The van der Waals surface area contributed by atoms with Gasteiger partial charge in [0.1, 0.15) is 5.75 Å². The van der Waals surface area contributed by atoms with Crippen molar-refractivity contribution in [2.24, 2.45) is 0 Å². The molecule has 38 heavy (non-hydrogen) atoms. The van der Waals surface area contributed by atoms with Crippen LogP contribution in [0.3, 0.4) is 0 Å². The van der Waals surface area contributed by atoms with E-state index in [1.165, 1.54) is 41.9 Å². The van der Waals surface area contributed by atoms with E-state index in [2.05, 4.69) is 9.72 Å². The monoisotopic (exact) mass is 574 g/mol. The number of halogens is 6. The van der Waals surface area contributed by atoms with Crippen LogP contribution in [0.1, 0.15) is 12.8 Å². The molecular weight excluding hydrogens is 554 g/mol. The number of nitrogens with zero attached hydrogens (tertiary/aromatic N) is 1. The number of carboxylic acids is 1. The Hall–Kier alpha value is -3.44. The highest BCUT2D eigenvalue weighted by Crippen LogP contribution is 2.35. The van der Waals surface area contributed by atoms with Crippen LogP contribution < -0.4 is 10.2 Å². The molecule has 1 aromatic heterocycles. The van der Waals surface area contributed by atoms with Gasteiger partial charge in [0.2, 0.25) is 0 Å². The zero-order valence-electron chi connectivity index (χ0n) is 19.0. The number of amides is 1. The van der Waals surface area contributed by atoms with Gasteiger partial charge in [-0.2, -0.15) is 26.3 Å². The number of aromatic nitrogens is 1. The van der Waals surface area contributed by atoms with Crippen LogP contribution in [0.5, 0.6) is 5.75 Å². The Kier molecular flexibility index (Phi) is 9.68. The Bertz CT molecular complexity index is 1210. The minimum Gasteiger partial charge on any atom is -0.484 e. The van der Waals surface area contributed by atoms with Crippen LogP contribution in [0.2, 0.25) is 0 Å². The van der Waals surface area contributed by atoms with Crippen molar-refractivity contribution in [3.05, 3.63) is 42.6 Å². The summed E-state index contributed by atoms with van der Waals surface area (Å²) in [6.45, 7) is -1.33. The molecule has 1 aliphatic heterocycles. The maximum Gasteiger partial charge on any atom is 0.490 e. The highest BCUT2D eigenvalue weighted by atomic mass is 32.2. The second-order valence-electron chi connectivity index (χ2n) is 7.66. The van der Waals surface area contributed by atoms with Crippen molar-refractivity contribution in [2.75, 3.05) is 19.8 Å². The van der Waals surface area contributed by atoms with Crippen LogP contribution in [-0.2, 0) is 24.2 Å². The lowest BCUT2D eigenvalue weighted by Gasteiger charge is -2.34. The topological polar surface area (TPSA) is 152 Å². The average molecular weight is 574 g/mol. The molecule has 210 valence electrons. The number of alkyl halides is 6. The highest BCUT2D eigenvalue weighted by Gasteiger charge is 2.52. The Morgan fingerprint density at radius 3 is 2.00 bits per heavy atom. The molecule has 0 saturated carbocycles. The Morgan fingerprint density at radius 2 is 1.58 bits per heavy atom. The number of benzene rings is 1. The number of nitrogens with one attached hydrogen (secondary N) is 1. The van der Waals surface area contributed by atoms with E-state index >= 15 is 0 Å². The molecule has 1 saturated heterocycles. The summed E-state index contributed by atoms with van der Waals surface area (Å²) in [5.74, 6) is -3.77. The summed E-state index contributed by atoms with van der Waals surface area (Å²) in [6, 6.07) is 8.37. The first-order chi connectivity index (χ1) is 17.5. The van der Waals surface area contributed by atoms with E-state index in [9.17, 15) is 39.6 Å². The fourth-order valence-corrected chi connectivity index (χ4v) is 5.13. The standard InChI is InChI=1S/C19H19F3N2O6S.C2HF3O2/c20-19(21,22)12-30-14-3-1-13(2-4-14)16-6-5-15(11-23-16)31(27,28)18(17(25)24-26)7-9-29-10-8-18;3-2(4,5)1(6)7/h1-6,11,26H,7-10,12H2,(H,24,25);(H,6,7). The van der Waals surface area contributed by atoms with Gasteiger partial charge in [0.15, 0.2) is 21.2 Å². The summed E-state index contributed by atoms with van der Waals surface area (Å²) in [4.78, 5) is 25.1. The summed E-state index contributed by atoms with van der Waals surface area (Å²) < 4.78 is 103. The first-order valence-electron chi connectivity index (χ1n) is 10.4. The molecule has 0 bridgehead atoms. The van der Waals surface area contributed by atoms with E-state index in [0.717, 1.165) is 6.20 Å². The first kappa shape index (κ1) is 30.8. The zero-order valence-corrected chi connectivity index (χ0v) is 19.9.